The highest BCUT2D eigenvalue weighted by atomic mass is 32.2. The molecule has 1 aliphatic rings. The van der Waals surface area contributed by atoms with Crippen LogP contribution in [0.1, 0.15) is 17.0 Å². The Morgan fingerprint density at radius 1 is 1.13 bits per heavy atom. The number of carbonyl (C=O) groups is 1. The van der Waals surface area contributed by atoms with Crippen molar-refractivity contribution < 1.29 is 18.1 Å². The Kier molecular flexibility index (Phi) is 6.04. The van der Waals surface area contributed by atoms with Crippen LogP contribution in [0, 0.1) is 24.0 Å². The molecule has 1 saturated heterocycles. The van der Waals surface area contributed by atoms with Gasteiger partial charge in [-0.05, 0) is 32.1 Å². The van der Waals surface area contributed by atoms with Crippen LogP contribution >= 0.6 is 0 Å². The second-order valence-electron chi connectivity index (χ2n) is 7.02. The van der Waals surface area contributed by atoms with E-state index in [1.165, 1.54) is 34.6 Å². The molecule has 30 heavy (non-hydrogen) atoms. The second-order valence-corrected chi connectivity index (χ2v) is 8.96. The number of non-ortho nitro benzene ring substituents is 1. The maximum Gasteiger partial charge on any atom is 0.269 e. The van der Waals surface area contributed by atoms with Crippen LogP contribution in [0.5, 0.6) is 0 Å². The molecule has 160 valence electrons. The molecule has 1 amide bonds. The summed E-state index contributed by atoms with van der Waals surface area (Å²) < 4.78 is 28.6. The Morgan fingerprint density at radius 2 is 1.73 bits per heavy atom. The first-order valence-corrected chi connectivity index (χ1v) is 10.8. The lowest BCUT2D eigenvalue weighted by molar-refractivity contribution is -0.384. The lowest BCUT2D eigenvalue weighted by atomic mass is 10.2. The van der Waals surface area contributed by atoms with E-state index in [9.17, 15) is 23.3 Å². The summed E-state index contributed by atoms with van der Waals surface area (Å²) in [7, 11) is -1.93. The first-order valence-electron chi connectivity index (χ1n) is 9.33. The zero-order valence-corrected chi connectivity index (χ0v) is 17.8. The third kappa shape index (κ3) is 4.26. The van der Waals surface area contributed by atoms with Crippen LogP contribution in [-0.4, -0.2) is 64.4 Å². The third-order valence-electron chi connectivity index (χ3n) is 5.19. The summed E-state index contributed by atoms with van der Waals surface area (Å²) in [5.74, 6) is -0.190. The molecule has 0 unspecified atom stereocenters. The molecule has 0 saturated carbocycles. The number of sulfonamides is 1. The molecule has 1 fully saturated rings. The zero-order valence-electron chi connectivity index (χ0n) is 17.0. The van der Waals surface area contributed by atoms with Gasteiger partial charge in [0.1, 0.15) is 0 Å². The maximum atomic E-state index is 12.8. The van der Waals surface area contributed by atoms with Gasteiger partial charge in [0.05, 0.1) is 15.5 Å². The quantitative estimate of drug-likeness (QED) is 0.400. The molecular weight excluding hydrogens is 410 g/mol. The predicted octanol–water partition coefficient (Wildman–Crippen LogP) is 1.49. The molecule has 1 aromatic carbocycles. The largest absolute Gasteiger partial charge is 0.337 e. The van der Waals surface area contributed by atoms with Crippen molar-refractivity contribution in [2.75, 3.05) is 26.2 Å². The lowest BCUT2D eigenvalue weighted by Crippen LogP contribution is -2.50. The van der Waals surface area contributed by atoms with Gasteiger partial charge < -0.3 is 4.90 Å². The molecule has 0 bridgehead atoms. The Hall–Kier alpha value is -3.05. The highest BCUT2D eigenvalue weighted by Crippen LogP contribution is 2.21. The molecule has 0 atom stereocenters. The van der Waals surface area contributed by atoms with Gasteiger partial charge in [-0.25, -0.2) is 8.42 Å². The van der Waals surface area contributed by atoms with Gasteiger partial charge in [0, 0.05) is 62.7 Å². The number of piperazine rings is 1. The fourth-order valence-electron chi connectivity index (χ4n) is 3.33. The van der Waals surface area contributed by atoms with Gasteiger partial charge in [-0.1, -0.05) is 0 Å². The maximum absolute atomic E-state index is 12.8. The minimum Gasteiger partial charge on any atom is -0.337 e. The smallest absolute Gasteiger partial charge is 0.269 e. The summed E-state index contributed by atoms with van der Waals surface area (Å²) in [6, 6.07) is 4.79. The van der Waals surface area contributed by atoms with Crippen LogP contribution < -0.4 is 0 Å². The molecule has 3 rings (SSSR count). The fourth-order valence-corrected chi connectivity index (χ4v) is 4.75. The van der Waals surface area contributed by atoms with Crippen LogP contribution in [-0.2, 0) is 21.9 Å². The number of hydrogen-bond acceptors (Lipinski definition) is 6. The molecule has 0 aliphatic carbocycles. The number of aryl methyl sites for hydroxylation is 2. The topological polar surface area (TPSA) is 119 Å². The van der Waals surface area contributed by atoms with Crippen molar-refractivity contribution >= 4 is 27.7 Å². The number of amides is 1. The number of benzene rings is 1. The molecule has 2 heterocycles. The Bertz CT molecular complexity index is 1100. The van der Waals surface area contributed by atoms with Gasteiger partial charge in [-0.15, -0.1) is 0 Å². The highest BCUT2D eigenvalue weighted by Gasteiger charge is 2.30. The summed E-state index contributed by atoms with van der Waals surface area (Å²) in [6.07, 6.45) is 3.22. The number of carbonyl (C=O) groups excluding carboxylic acids is 1. The molecule has 0 spiro atoms. The summed E-state index contributed by atoms with van der Waals surface area (Å²) in [5, 5.41) is 15.1. The first kappa shape index (κ1) is 21.7. The Morgan fingerprint density at radius 3 is 2.23 bits per heavy atom. The van der Waals surface area contributed by atoms with Gasteiger partial charge in [0.15, 0.2) is 0 Å². The lowest BCUT2D eigenvalue weighted by Gasteiger charge is -2.33. The van der Waals surface area contributed by atoms with Crippen LogP contribution in [0.4, 0.5) is 5.69 Å². The van der Waals surface area contributed by atoms with Crippen LogP contribution in [0.15, 0.2) is 35.2 Å². The SMILES string of the molecule is Cc1nn(C)c(C)c1C=CC(=O)N1CCN(S(=O)(=O)c2ccc([N+](=O)[O-])cc2)CC1. The fraction of sp³-hybridized carbons (Fsp3) is 0.368. The Labute approximate surface area is 174 Å². The van der Waals surface area contributed by atoms with Crippen molar-refractivity contribution in [1.82, 2.24) is 19.0 Å². The minimum atomic E-state index is -3.77. The minimum absolute atomic E-state index is 0.00435. The monoisotopic (exact) mass is 433 g/mol. The van der Waals surface area contributed by atoms with Crippen LogP contribution in [0.25, 0.3) is 6.08 Å². The van der Waals surface area contributed by atoms with E-state index in [4.69, 9.17) is 0 Å². The average molecular weight is 433 g/mol. The standard InChI is InChI=1S/C19H23N5O5S/c1-14-18(15(2)21(3)20-14)8-9-19(25)22-10-12-23(13-11-22)30(28,29)17-6-4-16(5-7-17)24(26)27/h4-9H,10-13H2,1-3H3. The Balaban J connectivity index is 1.64. The number of nitro benzene ring substituents is 1. The molecule has 0 N–H and O–H groups in total. The van der Waals surface area contributed by atoms with Gasteiger partial charge in [0.25, 0.3) is 5.69 Å². The van der Waals surface area contributed by atoms with E-state index in [0.29, 0.717) is 0 Å². The van der Waals surface area contributed by atoms with Crippen LogP contribution in [0.2, 0.25) is 0 Å². The zero-order chi connectivity index (χ0) is 22.1. The number of hydrogen-bond donors (Lipinski definition) is 0. The molecule has 10 nitrogen and oxygen atoms in total. The summed E-state index contributed by atoms with van der Waals surface area (Å²) in [6.45, 7) is 4.64. The van der Waals surface area contributed by atoms with E-state index < -0.39 is 14.9 Å². The third-order valence-corrected chi connectivity index (χ3v) is 7.11. The van der Waals surface area contributed by atoms with Gasteiger partial charge >= 0.3 is 0 Å². The van der Waals surface area contributed by atoms with E-state index in [1.54, 1.807) is 15.7 Å². The van der Waals surface area contributed by atoms with Gasteiger partial charge in [-0.2, -0.15) is 9.40 Å². The molecule has 0 radical (unpaired) electrons. The predicted molar refractivity (Wildman–Crippen MR) is 110 cm³/mol. The van der Waals surface area contributed by atoms with Crippen molar-refractivity contribution in [2.24, 2.45) is 7.05 Å². The number of rotatable bonds is 5. The van der Waals surface area contributed by atoms with Gasteiger partial charge in [0.2, 0.25) is 15.9 Å². The highest BCUT2D eigenvalue weighted by molar-refractivity contribution is 7.89. The van der Waals surface area contributed by atoms with E-state index in [0.717, 1.165) is 17.0 Å². The molecule has 11 heteroatoms. The van der Waals surface area contributed by atoms with Crippen molar-refractivity contribution in [1.29, 1.82) is 0 Å². The van der Waals surface area contributed by atoms with Crippen molar-refractivity contribution in [3.05, 3.63) is 57.4 Å². The number of nitrogens with zero attached hydrogens (tertiary/aromatic N) is 5. The number of nitro groups is 1. The molecular formula is C19H23N5O5S. The normalized spacial score (nSPS) is 15.6. The summed E-state index contributed by atoms with van der Waals surface area (Å²) in [5.41, 5.74) is 2.51. The van der Waals surface area contributed by atoms with E-state index in [2.05, 4.69) is 5.10 Å². The summed E-state index contributed by atoms with van der Waals surface area (Å²) in [4.78, 5) is 24.3. The van der Waals surface area contributed by atoms with E-state index in [-0.39, 0.29) is 42.7 Å². The van der Waals surface area contributed by atoms with Crippen LogP contribution in [0.3, 0.4) is 0 Å². The average Bonchev–Trinajstić information content (AvgIpc) is 2.97. The van der Waals surface area contributed by atoms with Crippen molar-refractivity contribution in [2.45, 2.75) is 18.7 Å². The van der Waals surface area contributed by atoms with E-state index in [1.807, 2.05) is 20.9 Å². The van der Waals surface area contributed by atoms with Crippen molar-refractivity contribution in [3.8, 4) is 0 Å². The second kappa shape index (κ2) is 8.36. The van der Waals surface area contributed by atoms with E-state index >= 15 is 0 Å². The van der Waals surface area contributed by atoms with Gasteiger partial charge in [-0.3, -0.25) is 19.6 Å². The molecule has 1 aliphatic heterocycles. The number of aromatic nitrogens is 2. The van der Waals surface area contributed by atoms with Crippen molar-refractivity contribution in [3.63, 3.8) is 0 Å². The first-order chi connectivity index (χ1) is 14.1. The molecule has 2 aromatic rings. The molecule has 1 aromatic heterocycles. The summed E-state index contributed by atoms with van der Waals surface area (Å²) >= 11 is 0.